The van der Waals surface area contributed by atoms with Crippen LogP contribution >= 0.6 is 0 Å². The Labute approximate surface area is 928 Å². The molecule has 149 heavy (non-hydrogen) atoms. The molecule has 1 N–H and O–H groups in total. The van der Waals surface area contributed by atoms with Gasteiger partial charge in [0.1, 0.15) is 5.82 Å². The standard InChI is InChI=1S/C47H37N3.C28H21N4.C24H18N.C18H12N.C11H8N.C5H8O2.3Ir.Pt/c1-46(2)38-21-7-5-19-36(38)44-37-20-6-8-22-39(37)47(3,4)41-30-35(29-40(46)45(41)44)50(33-17-13-15-31(27-33)42-23-9-11-25-48-42)34-18-14-16-32(28-34)43-24-10-12-26-49-43;1-19-6-10-22(11-7-19)26-30-27(23-12-8-20(2)9-13-23)32-28(31-26)24-16-14-21(15-17-24)25-5-3-4-18-29-25;1-24(2)20-9-5-4-8-18(20)19-13-11-17(15-21(19)24)23-14-12-16-7-3-6-10-22(16)25-23;1-2-6-13(7-3-1)18-11-15-10-14-8-4-5-9-16(14)17(15)12-19-18;1-2-6-10(7-3-1)11-8-4-5-9-12-11;1-4(6)3-5(2)7;;;;/h5-26,29-30,44H,1-4H3;3-14,16-18H,1-2H3;3-10,12-15H,1-2H3;1-6,8-9,11-12H,10H2;1-6,8-9H;3,6H,1-2H3;;;;/q-2;4*-1;;;;;+2. The number of ketones is 1. The topological polar surface area (TPSA) is 157 Å². The van der Waals surface area contributed by atoms with Crippen molar-refractivity contribution in [2.75, 3.05) is 4.90 Å². The molecule has 0 bridgehead atoms. The molecule has 0 fully saturated rings. The van der Waals surface area contributed by atoms with Gasteiger partial charge in [-0.25, -0.2) is 15.0 Å². The molecule has 0 spiro atoms. The van der Waals surface area contributed by atoms with Crippen molar-refractivity contribution in [1.82, 2.24) is 44.9 Å². The molecule has 0 amide bonds. The number of hydrogen-bond acceptors (Lipinski definition) is 12. The van der Waals surface area contributed by atoms with Crippen molar-refractivity contribution >= 4 is 33.7 Å². The number of aliphatic hydroxyl groups is 1. The second-order valence-corrected chi connectivity index (χ2v) is 38.2. The van der Waals surface area contributed by atoms with Gasteiger partial charge < -0.3 is 34.9 Å². The molecule has 16 heteroatoms. The second-order valence-electron chi connectivity index (χ2n) is 38.2. The molecule has 0 saturated heterocycles. The van der Waals surface area contributed by atoms with E-state index in [1.165, 1.54) is 120 Å². The molecular formula is C133H104Ir3N10O2Pt-4. The summed E-state index contributed by atoms with van der Waals surface area (Å²) in [5.41, 5.74) is 40.8. The molecule has 0 atom stereocenters. The van der Waals surface area contributed by atoms with Gasteiger partial charge in [-0.3, -0.25) is 9.78 Å². The summed E-state index contributed by atoms with van der Waals surface area (Å²) in [5, 5.41) is 9.53. The molecule has 3 radical (unpaired) electrons. The molecule has 739 valence electrons. The number of anilines is 3. The number of carbonyl (C=O) groups excluding carboxylic acids is 1. The molecule has 12 nitrogen and oxygen atoms in total. The minimum absolute atomic E-state index is 0. The number of carbonyl (C=O) groups is 1. The maximum atomic E-state index is 10.0. The van der Waals surface area contributed by atoms with Crippen LogP contribution in [0.5, 0.6) is 0 Å². The van der Waals surface area contributed by atoms with Crippen LogP contribution in [-0.4, -0.2) is 55.7 Å². The quantitative estimate of drug-likeness (QED) is 0.0663. The number of nitrogens with zero attached hydrogens (tertiary/aromatic N) is 10. The first-order chi connectivity index (χ1) is 70.6. The summed E-state index contributed by atoms with van der Waals surface area (Å²) in [6, 6.07) is 155. The largest absolute Gasteiger partial charge is 2.00 e. The van der Waals surface area contributed by atoms with Crippen LogP contribution in [0.4, 0.5) is 17.1 Å². The van der Waals surface area contributed by atoms with Gasteiger partial charge in [0.15, 0.2) is 17.4 Å². The van der Waals surface area contributed by atoms with E-state index in [1.54, 1.807) is 12.4 Å². The summed E-state index contributed by atoms with van der Waals surface area (Å²) in [6.45, 7) is 21.1. The van der Waals surface area contributed by atoms with Gasteiger partial charge in [-0.1, -0.05) is 300 Å². The Hall–Kier alpha value is -15.1. The fourth-order valence-corrected chi connectivity index (χ4v) is 20.0. The molecule has 21 aromatic rings. The van der Waals surface area contributed by atoms with Gasteiger partial charge in [0.05, 0.1) is 11.3 Å². The van der Waals surface area contributed by atoms with Crippen LogP contribution in [0.1, 0.15) is 134 Å². The van der Waals surface area contributed by atoms with E-state index in [2.05, 4.69) is 340 Å². The Morgan fingerprint density at radius 2 is 0.792 bits per heavy atom. The van der Waals surface area contributed by atoms with E-state index in [4.69, 9.17) is 25.0 Å². The van der Waals surface area contributed by atoms with Crippen molar-refractivity contribution in [2.45, 2.75) is 97.8 Å². The van der Waals surface area contributed by atoms with Crippen molar-refractivity contribution in [3.05, 3.63) is 540 Å². The molecule has 0 unspecified atom stereocenters. The molecule has 4 aliphatic rings. The first-order valence-electron chi connectivity index (χ1n) is 48.8. The number of rotatable bonds is 13. The number of aryl methyl sites for hydroxylation is 2. The fraction of sp³-hybridized carbons (Fsp3) is 0.113. The normalized spacial score (nSPS) is 12.6. The van der Waals surface area contributed by atoms with Crippen LogP contribution in [0.15, 0.2) is 431 Å². The molecule has 25 rings (SSSR count). The van der Waals surface area contributed by atoms with Gasteiger partial charge in [-0.2, -0.15) is 0 Å². The number of benzene rings is 14. The molecule has 14 aromatic carbocycles. The predicted octanol–water partition coefficient (Wildman–Crippen LogP) is 31.4. The zero-order valence-electron chi connectivity index (χ0n) is 83.8. The SMILES string of the molecule is CC(=O)C=C(C)O.CC1(C)c2ccccc2-c2c[c-]c(-c3ccc4ccccc4n3)cc21.CC1(C)c2ccccc2C2c3ccccc3C(C)(C)c3cc(N(c4[c-]c(-c5ccccn5)ccc4)c4[c-]c(-c5ccccn5)ccc4)cc1c32.Cc1ccc(-c2nc(-c3c[c-]c(-c4ccccn4)cc3)nc(-c3ccc(C)cc3)n2)cc1.[Ir].[Ir].[Ir].[Pt+2].[c-]1ccccc1-c1cc2c(cn1)-c1ccccc1C2.[c-]1ccccc1-c1ccccn1. The zero-order valence-corrected chi connectivity index (χ0v) is 93.3. The van der Waals surface area contributed by atoms with Crippen LogP contribution < -0.4 is 4.90 Å². The predicted molar refractivity (Wildman–Crippen MR) is 587 cm³/mol. The second kappa shape index (κ2) is 47.4. The van der Waals surface area contributed by atoms with Gasteiger partial charge in [-0.15, -0.1) is 191 Å². The van der Waals surface area contributed by atoms with E-state index in [0.29, 0.717) is 17.5 Å². The molecule has 7 aromatic heterocycles. The first kappa shape index (κ1) is 107. The monoisotopic (exact) mass is 2650 g/mol. The van der Waals surface area contributed by atoms with E-state index in [0.717, 1.165) is 113 Å². The van der Waals surface area contributed by atoms with Gasteiger partial charge in [0, 0.05) is 137 Å². The van der Waals surface area contributed by atoms with Crippen LogP contribution in [-0.2, 0) is 109 Å². The van der Waals surface area contributed by atoms with Crippen molar-refractivity contribution in [3.8, 4) is 124 Å². The number of hydrogen-bond donors (Lipinski definition) is 1. The van der Waals surface area contributed by atoms with Gasteiger partial charge in [0.2, 0.25) is 0 Å². The summed E-state index contributed by atoms with van der Waals surface area (Å²) < 4.78 is 0. The Bertz CT molecular complexity index is 8050. The Kier molecular flexibility index (Phi) is 33.9. The molecule has 0 saturated carbocycles. The van der Waals surface area contributed by atoms with Crippen LogP contribution in [0.3, 0.4) is 0 Å². The average molecular weight is 2650 g/mol. The van der Waals surface area contributed by atoms with E-state index >= 15 is 0 Å². The van der Waals surface area contributed by atoms with E-state index in [-0.39, 0.29) is 115 Å². The maximum Gasteiger partial charge on any atom is 2.00 e. The maximum absolute atomic E-state index is 10.0. The van der Waals surface area contributed by atoms with E-state index in [1.807, 2.05) is 188 Å². The van der Waals surface area contributed by atoms with E-state index in [9.17, 15) is 4.79 Å². The van der Waals surface area contributed by atoms with Crippen LogP contribution in [0, 0.1) is 50.2 Å². The molecule has 0 aliphatic heterocycles. The molecule has 7 heterocycles. The van der Waals surface area contributed by atoms with Gasteiger partial charge in [-0.05, 0) is 194 Å². The number of pyridine rings is 6. The van der Waals surface area contributed by atoms with Crippen LogP contribution in [0.2, 0.25) is 0 Å². The van der Waals surface area contributed by atoms with Crippen molar-refractivity contribution in [3.63, 3.8) is 0 Å². The Morgan fingerprint density at radius 3 is 1.29 bits per heavy atom. The first-order valence-corrected chi connectivity index (χ1v) is 48.8. The number of fused-ring (bicyclic) bond motifs is 11. The van der Waals surface area contributed by atoms with Crippen LogP contribution in [0.25, 0.3) is 135 Å². The minimum Gasteiger partial charge on any atom is -0.512 e. The third-order valence-electron chi connectivity index (χ3n) is 27.3. The third kappa shape index (κ3) is 23.3. The molecule has 4 aliphatic carbocycles. The summed E-state index contributed by atoms with van der Waals surface area (Å²) in [5.74, 6) is 2.04. The van der Waals surface area contributed by atoms with Crippen molar-refractivity contribution in [1.29, 1.82) is 0 Å². The number of allylic oxidation sites excluding steroid dienone is 2. The minimum atomic E-state index is -0.222. The van der Waals surface area contributed by atoms with E-state index < -0.39 is 0 Å². The smallest absolute Gasteiger partial charge is 0.512 e. The third-order valence-corrected chi connectivity index (χ3v) is 27.3. The number of aromatic nitrogens is 9. The molecular weight excluding hydrogens is 2540 g/mol. The van der Waals surface area contributed by atoms with Gasteiger partial charge >= 0.3 is 21.1 Å². The number of aliphatic hydroxyl groups excluding tert-OH is 1. The number of para-hydroxylation sites is 1. The van der Waals surface area contributed by atoms with Gasteiger partial charge in [0.25, 0.3) is 0 Å². The summed E-state index contributed by atoms with van der Waals surface area (Å²) in [6.07, 6.45) is 11.4. The van der Waals surface area contributed by atoms with Crippen molar-refractivity contribution < 1.29 is 91.3 Å². The summed E-state index contributed by atoms with van der Waals surface area (Å²) >= 11 is 0. The van der Waals surface area contributed by atoms with Crippen molar-refractivity contribution in [2.24, 2.45) is 0 Å². The Balaban J connectivity index is 0.000000138. The Morgan fingerprint density at radius 1 is 0.349 bits per heavy atom. The summed E-state index contributed by atoms with van der Waals surface area (Å²) in [4.78, 5) is 54.1. The average Bonchev–Trinajstić information content (AvgIpc) is 1.05. The summed E-state index contributed by atoms with van der Waals surface area (Å²) in [7, 11) is 0. The fourth-order valence-electron chi connectivity index (χ4n) is 20.0. The zero-order chi connectivity index (χ0) is 99.7.